The van der Waals surface area contributed by atoms with Crippen LogP contribution >= 0.6 is 0 Å². The highest BCUT2D eigenvalue weighted by Gasteiger charge is 2.14. The van der Waals surface area contributed by atoms with Gasteiger partial charge < -0.3 is 10.6 Å². The van der Waals surface area contributed by atoms with Crippen molar-refractivity contribution in [2.24, 2.45) is 0 Å². The fourth-order valence-corrected chi connectivity index (χ4v) is 3.99. The zero-order valence-corrected chi connectivity index (χ0v) is 16.6. The minimum absolute atomic E-state index is 0.00484. The van der Waals surface area contributed by atoms with E-state index in [0.717, 1.165) is 11.1 Å². The number of benzene rings is 2. The standard InChI is InChI=1S/C22H22FN3O2S/c1-2-11-24-12-13-29(27,28)21-8-4-7-20(15-21)26-22-10-9-18(16-25-22)17-5-3-6-19(23)14-17/h2-10,14-16,24H,1,11-13H2,(H,25,26). The van der Waals surface area contributed by atoms with Gasteiger partial charge in [0.05, 0.1) is 10.6 Å². The van der Waals surface area contributed by atoms with E-state index in [4.69, 9.17) is 0 Å². The Labute approximate surface area is 170 Å². The first-order valence-corrected chi connectivity index (χ1v) is 10.8. The average molecular weight is 412 g/mol. The molecule has 0 aliphatic carbocycles. The van der Waals surface area contributed by atoms with Gasteiger partial charge in [-0.25, -0.2) is 17.8 Å². The third-order valence-electron chi connectivity index (χ3n) is 4.22. The molecule has 1 aromatic heterocycles. The number of hydrogen-bond donors (Lipinski definition) is 2. The normalized spacial score (nSPS) is 11.2. The van der Waals surface area contributed by atoms with Gasteiger partial charge in [0.15, 0.2) is 9.84 Å². The molecule has 29 heavy (non-hydrogen) atoms. The van der Waals surface area contributed by atoms with Crippen LogP contribution in [0.3, 0.4) is 0 Å². The molecule has 0 spiro atoms. The minimum atomic E-state index is -3.40. The molecule has 3 rings (SSSR count). The summed E-state index contributed by atoms with van der Waals surface area (Å²) in [5, 5.41) is 6.10. The van der Waals surface area contributed by atoms with Crippen LogP contribution in [-0.4, -0.2) is 32.2 Å². The number of anilines is 2. The maximum absolute atomic E-state index is 13.4. The van der Waals surface area contributed by atoms with Crippen molar-refractivity contribution in [3.63, 3.8) is 0 Å². The van der Waals surface area contributed by atoms with Gasteiger partial charge in [0.2, 0.25) is 0 Å². The van der Waals surface area contributed by atoms with Gasteiger partial charge in [0.1, 0.15) is 11.6 Å². The highest BCUT2D eigenvalue weighted by molar-refractivity contribution is 7.91. The summed E-state index contributed by atoms with van der Waals surface area (Å²) in [7, 11) is -3.40. The first-order chi connectivity index (χ1) is 14.0. The molecule has 0 fully saturated rings. The number of rotatable bonds is 9. The predicted octanol–water partition coefficient (Wildman–Crippen LogP) is 4.18. The summed E-state index contributed by atoms with van der Waals surface area (Å²) in [5.41, 5.74) is 2.15. The number of aromatic nitrogens is 1. The summed E-state index contributed by atoms with van der Waals surface area (Å²) in [5.74, 6) is 0.264. The number of nitrogens with one attached hydrogen (secondary N) is 2. The average Bonchev–Trinajstić information content (AvgIpc) is 2.72. The Kier molecular flexibility index (Phi) is 6.74. The molecule has 0 atom stereocenters. The SMILES string of the molecule is C=CCNCCS(=O)(=O)c1cccc(Nc2ccc(-c3cccc(F)c3)cn2)c1. The molecule has 5 nitrogen and oxygen atoms in total. The van der Waals surface area contributed by atoms with Gasteiger partial charge in [-0.05, 0) is 48.0 Å². The second kappa shape index (κ2) is 9.45. The fraction of sp³-hybridized carbons (Fsp3) is 0.136. The highest BCUT2D eigenvalue weighted by atomic mass is 32.2. The lowest BCUT2D eigenvalue weighted by atomic mass is 10.1. The Morgan fingerprint density at radius 3 is 2.59 bits per heavy atom. The number of nitrogens with zero attached hydrogens (tertiary/aromatic N) is 1. The van der Waals surface area contributed by atoms with Crippen LogP contribution in [0, 0.1) is 5.82 Å². The van der Waals surface area contributed by atoms with Gasteiger partial charge in [0.25, 0.3) is 0 Å². The summed E-state index contributed by atoms with van der Waals surface area (Å²) < 4.78 is 38.4. The van der Waals surface area contributed by atoms with E-state index in [2.05, 4.69) is 22.2 Å². The van der Waals surface area contributed by atoms with Crippen LogP contribution < -0.4 is 10.6 Å². The Balaban J connectivity index is 1.71. The van der Waals surface area contributed by atoms with Gasteiger partial charge >= 0.3 is 0 Å². The monoisotopic (exact) mass is 411 g/mol. The van der Waals surface area contributed by atoms with Crippen molar-refractivity contribution in [3.05, 3.63) is 85.3 Å². The lowest BCUT2D eigenvalue weighted by Crippen LogP contribution is -2.23. The van der Waals surface area contributed by atoms with E-state index >= 15 is 0 Å². The molecule has 0 saturated heterocycles. The Morgan fingerprint density at radius 2 is 1.86 bits per heavy atom. The van der Waals surface area contributed by atoms with Crippen LogP contribution in [0.4, 0.5) is 15.9 Å². The second-order valence-electron chi connectivity index (χ2n) is 6.41. The van der Waals surface area contributed by atoms with Crippen molar-refractivity contribution in [1.29, 1.82) is 0 Å². The molecule has 2 N–H and O–H groups in total. The third kappa shape index (κ3) is 5.73. The van der Waals surface area contributed by atoms with E-state index in [0.29, 0.717) is 24.6 Å². The number of halogens is 1. The van der Waals surface area contributed by atoms with Crippen LogP contribution in [0.2, 0.25) is 0 Å². The van der Waals surface area contributed by atoms with Gasteiger partial charge in [-0.2, -0.15) is 0 Å². The van der Waals surface area contributed by atoms with E-state index in [9.17, 15) is 12.8 Å². The van der Waals surface area contributed by atoms with Crippen LogP contribution in [-0.2, 0) is 9.84 Å². The van der Waals surface area contributed by atoms with Gasteiger partial charge in [0, 0.05) is 30.5 Å². The van der Waals surface area contributed by atoms with E-state index in [-0.39, 0.29) is 16.5 Å². The molecule has 1 heterocycles. The Bertz CT molecular complexity index is 1080. The van der Waals surface area contributed by atoms with E-state index in [1.54, 1.807) is 48.7 Å². The zero-order chi connectivity index (χ0) is 20.7. The quantitative estimate of drug-likeness (QED) is 0.408. The van der Waals surface area contributed by atoms with Crippen LogP contribution in [0.15, 0.2) is 84.4 Å². The molecule has 0 aliphatic rings. The van der Waals surface area contributed by atoms with E-state index in [1.165, 1.54) is 12.1 Å². The first-order valence-electron chi connectivity index (χ1n) is 9.11. The summed E-state index contributed by atoms with van der Waals surface area (Å²) in [6, 6.07) is 16.5. The van der Waals surface area contributed by atoms with Crippen molar-refractivity contribution in [2.45, 2.75) is 4.90 Å². The Hall–Kier alpha value is -3.03. The molecule has 0 radical (unpaired) electrons. The molecular weight excluding hydrogens is 389 g/mol. The molecule has 0 bridgehead atoms. The highest BCUT2D eigenvalue weighted by Crippen LogP contribution is 2.23. The van der Waals surface area contributed by atoms with Crippen LogP contribution in [0.5, 0.6) is 0 Å². The largest absolute Gasteiger partial charge is 0.340 e. The van der Waals surface area contributed by atoms with E-state index in [1.807, 2.05) is 12.1 Å². The summed E-state index contributed by atoms with van der Waals surface area (Å²) in [6.45, 7) is 4.51. The van der Waals surface area contributed by atoms with Crippen LogP contribution in [0.1, 0.15) is 0 Å². The van der Waals surface area contributed by atoms with Gasteiger partial charge in [-0.15, -0.1) is 6.58 Å². The van der Waals surface area contributed by atoms with E-state index < -0.39 is 9.84 Å². The van der Waals surface area contributed by atoms with Crippen molar-refractivity contribution in [3.8, 4) is 11.1 Å². The lowest BCUT2D eigenvalue weighted by Gasteiger charge is -2.10. The summed E-state index contributed by atoms with van der Waals surface area (Å²) in [6.07, 6.45) is 3.33. The number of pyridine rings is 1. The van der Waals surface area contributed by atoms with Crippen molar-refractivity contribution >= 4 is 21.3 Å². The van der Waals surface area contributed by atoms with Gasteiger partial charge in [-0.3, -0.25) is 0 Å². The Morgan fingerprint density at radius 1 is 1.03 bits per heavy atom. The smallest absolute Gasteiger partial charge is 0.179 e. The molecule has 7 heteroatoms. The maximum Gasteiger partial charge on any atom is 0.179 e. The number of sulfone groups is 1. The molecular formula is C22H22FN3O2S. The minimum Gasteiger partial charge on any atom is -0.340 e. The van der Waals surface area contributed by atoms with Crippen molar-refractivity contribution in [1.82, 2.24) is 10.3 Å². The maximum atomic E-state index is 13.4. The lowest BCUT2D eigenvalue weighted by molar-refractivity contribution is 0.592. The fourth-order valence-electron chi connectivity index (χ4n) is 2.75. The second-order valence-corrected chi connectivity index (χ2v) is 8.52. The first kappa shape index (κ1) is 20.7. The van der Waals surface area contributed by atoms with Crippen LogP contribution in [0.25, 0.3) is 11.1 Å². The molecule has 0 aliphatic heterocycles. The molecule has 150 valence electrons. The number of hydrogen-bond acceptors (Lipinski definition) is 5. The molecule has 0 amide bonds. The van der Waals surface area contributed by atoms with Crippen molar-refractivity contribution in [2.75, 3.05) is 24.2 Å². The van der Waals surface area contributed by atoms with Gasteiger partial charge in [-0.1, -0.05) is 24.3 Å². The summed E-state index contributed by atoms with van der Waals surface area (Å²) in [4.78, 5) is 4.59. The third-order valence-corrected chi connectivity index (χ3v) is 5.94. The summed E-state index contributed by atoms with van der Waals surface area (Å²) >= 11 is 0. The zero-order valence-electron chi connectivity index (χ0n) is 15.8. The molecule has 0 saturated carbocycles. The molecule has 3 aromatic rings. The predicted molar refractivity (Wildman–Crippen MR) is 114 cm³/mol. The topological polar surface area (TPSA) is 71.1 Å². The molecule has 2 aromatic carbocycles. The van der Waals surface area contributed by atoms with Crippen molar-refractivity contribution < 1.29 is 12.8 Å². The molecule has 0 unspecified atom stereocenters.